The molecule has 1 heterocycles. The Hall–Kier alpha value is -0.460. The van der Waals surface area contributed by atoms with Crippen LogP contribution in [0.15, 0.2) is 5.16 Å². The van der Waals surface area contributed by atoms with Crippen LogP contribution in [0, 0.1) is 0 Å². The standard InChI is InChI=1S/C4HF6N3O2S.Sc/c5-3(6,7)1-11-2(13-12-1)16(14,15)4(8,9)10;/h(H,11,12,13);. The molecule has 5 nitrogen and oxygen atoms in total. The Morgan fingerprint density at radius 1 is 1.06 bits per heavy atom. The molecule has 0 unspecified atom stereocenters. The summed E-state index contributed by atoms with van der Waals surface area (Å²) in [5.74, 6) is -1.99. The third-order valence-electron chi connectivity index (χ3n) is 1.28. The number of sulfone groups is 1. The van der Waals surface area contributed by atoms with Gasteiger partial charge in [0.05, 0.1) is 0 Å². The molecule has 0 spiro atoms. The van der Waals surface area contributed by atoms with Crippen molar-refractivity contribution >= 4 is 9.84 Å². The predicted molar refractivity (Wildman–Crippen MR) is 34.6 cm³/mol. The number of halogens is 6. The average Bonchev–Trinajstić information content (AvgIpc) is 2.47. The molecule has 0 fully saturated rings. The van der Waals surface area contributed by atoms with Crippen LogP contribution < -0.4 is 0 Å². The van der Waals surface area contributed by atoms with Crippen molar-refractivity contribution in [2.75, 3.05) is 0 Å². The monoisotopic (exact) mass is 314 g/mol. The van der Waals surface area contributed by atoms with Gasteiger partial charge >= 0.3 is 21.5 Å². The molecular weight excluding hydrogens is 313 g/mol. The van der Waals surface area contributed by atoms with Crippen molar-refractivity contribution in [1.29, 1.82) is 0 Å². The third kappa shape index (κ3) is 3.26. The van der Waals surface area contributed by atoms with Gasteiger partial charge in [0.2, 0.25) is 0 Å². The van der Waals surface area contributed by atoms with Crippen LogP contribution in [-0.4, -0.2) is 29.1 Å². The first kappa shape index (κ1) is 16.5. The van der Waals surface area contributed by atoms with Gasteiger partial charge in [-0.15, -0.1) is 5.10 Å². The molecule has 0 aliphatic carbocycles. The summed E-state index contributed by atoms with van der Waals surface area (Å²) >= 11 is 0. The minimum Gasteiger partial charge on any atom is -0.249 e. The fraction of sp³-hybridized carbons (Fsp3) is 0.500. The second-order valence-corrected chi connectivity index (χ2v) is 4.27. The zero-order chi connectivity index (χ0) is 12.8. The van der Waals surface area contributed by atoms with Gasteiger partial charge in [-0.2, -0.15) is 31.3 Å². The fourth-order valence-electron chi connectivity index (χ4n) is 0.604. The van der Waals surface area contributed by atoms with Gasteiger partial charge in [0.25, 0.3) is 11.0 Å². The van der Waals surface area contributed by atoms with Crippen molar-refractivity contribution in [2.45, 2.75) is 16.8 Å². The van der Waals surface area contributed by atoms with E-state index in [4.69, 9.17) is 0 Å². The molecule has 0 amide bonds. The predicted octanol–water partition coefficient (Wildman–Crippen LogP) is 1.11. The quantitative estimate of drug-likeness (QED) is 0.788. The molecule has 1 aromatic heterocycles. The van der Waals surface area contributed by atoms with Crippen LogP contribution in [-0.2, 0) is 41.9 Å². The molecule has 13 heteroatoms. The minimum absolute atomic E-state index is 0. The Balaban J connectivity index is 0.00000256. The van der Waals surface area contributed by atoms with Crippen LogP contribution in [0.4, 0.5) is 26.3 Å². The normalized spacial score (nSPS) is 13.3. The Bertz CT molecular complexity index is 490. The van der Waals surface area contributed by atoms with Gasteiger partial charge < -0.3 is 0 Å². The molecule has 1 aromatic rings. The van der Waals surface area contributed by atoms with E-state index in [9.17, 15) is 34.8 Å². The molecule has 0 saturated heterocycles. The first-order valence-corrected chi connectivity index (χ1v) is 4.75. The van der Waals surface area contributed by atoms with Crippen molar-refractivity contribution in [1.82, 2.24) is 15.2 Å². The summed E-state index contributed by atoms with van der Waals surface area (Å²) in [6.07, 6.45) is -5.13. The molecule has 0 atom stereocenters. The maximum absolute atomic E-state index is 11.9. The molecule has 0 aromatic carbocycles. The number of H-pyrrole nitrogens is 1. The minimum atomic E-state index is -5.95. The second-order valence-electron chi connectivity index (χ2n) is 2.41. The zero-order valence-electron chi connectivity index (χ0n) is 7.46. The molecule has 0 saturated carbocycles. The maximum Gasteiger partial charge on any atom is 0.504 e. The van der Waals surface area contributed by atoms with Crippen molar-refractivity contribution in [3.8, 4) is 0 Å². The molecular formula is C4HF6N3O2SSc. The number of alkyl halides is 6. The van der Waals surface area contributed by atoms with Gasteiger partial charge in [0.15, 0.2) is 0 Å². The summed E-state index contributed by atoms with van der Waals surface area (Å²) in [6, 6.07) is 0. The number of aromatic amines is 1. The van der Waals surface area contributed by atoms with Crippen molar-refractivity contribution in [2.24, 2.45) is 0 Å². The Labute approximate surface area is 108 Å². The van der Waals surface area contributed by atoms with E-state index in [0.29, 0.717) is 0 Å². The smallest absolute Gasteiger partial charge is 0.249 e. The van der Waals surface area contributed by atoms with Gasteiger partial charge in [0.1, 0.15) is 0 Å². The van der Waals surface area contributed by atoms with E-state index >= 15 is 0 Å². The molecule has 17 heavy (non-hydrogen) atoms. The average molecular weight is 314 g/mol. The van der Waals surface area contributed by atoms with E-state index in [0.717, 1.165) is 5.10 Å². The van der Waals surface area contributed by atoms with E-state index < -0.39 is 32.5 Å². The van der Waals surface area contributed by atoms with Crippen LogP contribution in [0.3, 0.4) is 0 Å². The van der Waals surface area contributed by atoms with Gasteiger partial charge in [-0.05, 0) is 0 Å². The Morgan fingerprint density at radius 3 is 1.82 bits per heavy atom. The van der Waals surface area contributed by atoms with Crippen LogP contribution in [0.25, 0.3) is 0 Å². The van der Waals surface area contributed by atoms with E-state index in [1.54, 1.807) is 0 Å². The van der Waals surface area contributed by atoms with Crippen molar-refractivity contribution < 1.29 is 60.6 Å². The molecule has 1 rings (SSSR count). The van der Waals surface area contributed by atoms with Gasteiger partial charge in [0, 0.05) is 25.8 Å². The first-order valence-electron chi connectivity index (χ1n) is 3.27. The van der Waals surface area contributed by atoms with Crippen LogP contribution in [0.1, 0.15) is 5.82 Å². The first-order chi connectivity index (χ1) is 6.96. The van der Waals surface area contributed by atoms with Crippen LogP contribution >= 0.6 is 0 Å². The Kier molecular flexibility index (Phi) is 4.54. The van der Waals surface area contributed by atoms with E-state index in [2.05, 4.69) is 10.1 Å². The van der Waals surface area contributed by atoms with Gasteiger partial charge in [-0.25, -0.2) is 13.5 Å². The summed E-state index contributed by atoms with van der Waals surface area (Å²) in [7, 11) is -5.95. The van der Waals surface area contributed by atoms with E-state index in [-0.39, 0.29) is 25.8 Å². The zero-order valence-corrected chi connectivity index (χ0v) is 10.1. The number of hydrogen-bond acceptors (Lipinski definition) is 4. The number of hydrogen-bond donors (Lipinski definition) is 1. The summed E-state index contributed by atoms with van der Waals surface area (Å²) < 4.78 is 92.3. The molecule has 0 bridgehead atoms. The van der Waals surface area contributed by atoms with Crippen LogP contribution in [0.5, 0.6) is 0 Å². The van der Waals surface area contributed by atoms with Crippen molar-refractivity contribution in [3.63, 3.8) is 0 Å². The molecule has 95 valence electrons. The van der Waals surface area contributed by atoms with E-state index in [1.807, 2.05) is 0 Å². The van der Waals surface area contributed by atoms with Crippen LogP contribution in [0.2, 0.25) is 0 Å². The SMILES string of the molecule is O=S(=O)(c1nc(C(F)(F)F)n[nH]1)C(F)(F)F.[Sc]. The summed E-state index contributed by atoms with van der Waals surface area (Å²) in [5.41, 5.74) is -5.74. The second kappa shape index (κ2) is 4.66. The van der Waals surface area contributed by atoms with Crippen molar-refractivity contribution in [3.05, 3.63) is 5.82 Å². The summed E-state index contributed by atoms with van der Waals surface area (Å²) in [4.78, 5) is 2.22. The van der Waals surface area contributed by atoms with Gasteiger partial charge in [-0.3, -0.25) is 0 Å². The molecule has 0 aliphatic rings. The third-order valence-corrected chi connectivity index (χ3v) is 2.58. The fourth-order valence-corrected chi connectivity index (χ4v) is 1.20. The van der Waals surface area contributed by atoms with E-state index in [1.165, 1.54) is 0 Å². The number of nitrogens with one attached hydrogen (secondary N) is 1. The largest absolute Gasteiger partial charge is 0.504 e. The summed E-state index contributed by atoms with van der Waals surface area (Å²) in [5, 5.41) is 1.50. The topological polar surface area (TPSA) is 75.7 Å². The molecule has 1 radical (unpaired) electrons. The molecule has 0 aliphatic heterocycles. The maximum atomic E-state index is 11.9. The Morgan fingerprint density at radius 2 is 1.53 bits per heavy atom. The molecule has 1 N–H and O–H groups in total. The summed E-state index contributed by atoms with van der Waals surface area (Å²) in [6.45, 7) is 0. The number of aromatic nitrogens is 3. The number of rotatable bonds is 1. The van der Waals surface area contributed by atoms with Gasteiger partial charge in [-0.1, -0.05) is 0 Å². The number of nitrogens with zero attached hydrogens (tertiary/aromatic N) is 2.